The Labute approximate surface area is 189 Å². The molecular formula is C22H21FN4O3S2. The second-order valence-corrected chi connectivity index (χ2v) is 10.7. The van der Waals surface area contributed by atoms with Gasteiger partial charge in [0.25, 0.3) is 5.91 Å². The SMILES string of the molecule is Cc1ccc(S(=O)(=O)N(C)C)cc1NC(=O)c1cc2c(C)nn(-c3ccc(F)cc3)c2s1. The Balaban J connectivity index is 1.68. The largest absolute Gasteiger partial charge is 0.321 e. The Morgan fingerprint density at radius 2 is 1.78 bits per heavy atom. The van der Waals surface area contributed by atoms with E-state index in [1.807, 2.05) is 6.92 Å². The molecule has 2 aromatic heterocycles. The van der Waals surface area contributed by atoms with Crippen LogP contribution in [0.2, 0.25) is 0 Å². The molecule has 32 heavy (non-hydrogen) atoms. The van der Waals surface area contributed by atoms with Gasteiger partial charge in [-0.1, -0.05) is 6.07 Å². The summed E-state index contributed by atoms with van der Waals surface area (Å²) in [7, 11) is -0.715. The van der Waals surface area contributed by atoms with E-state index in [4.69, 9.17) is 0 Å². The van der Waals surface area contributed by atoms with E-state index in [1.165, 1.54) is 49.7 Å². The average molecular weight is 473 g/mol. The van der Waals surface area contributed by atoms with Gasteiger partial charge in [0.1, 0.15) is 10.6 Å². The first-order valence-corrected chi connectivity index (χ1v) is 11.9. The van der Waals surface area contributed by atoms with E-state index >= 15 is 0 Å². The monoisotopic (exact) mass is 472 g/mol. The first-order chi connectivity index (χ1) is 15.1. The highest BCUT2D eigenvalue weighted by atomic mass is 32.2. The van der Waals surface area contributed by atoms with E-state index in [0.717, 1.165) is 25.8 Å². The van der Waals surface area contributed by atoms with Crippen molar-refractivity contribution >= 4 is 43.2 Å². The molecule has 0 aliphatic carbocycles. The highest BCUT2D eigenvalue weighted by molar-refractivity contribution is 7.89. The van der Waals surface area contributed by atoms with Crippen molar-refractivity contribution in [2.45, 2.75) is 18.7 Å². The summed E-state index contributed by atoms with van der Waals surface area (Å²) in [5.74, 6) is -0.687. The Bertz CT molecular complexity index is 1440. The zero-order chi connectivity index (χ0) is 23.2. The number of nitrogens with one attached hydrogen (secondary N) is 1. The number of carbonyl (C=O) groups excluding carboxylic acids is 1. The molecule has 1 amide bonds. The fraction of sp³-hybridized carbons (Fsp3) is 0.182. The van der Waals surface area contributed by atoms with Crippen LogP contribution in [0.25, 0.3) is 15.9 Å². The third-order valence-corrected chi connectivity index (χ3v) is 8.00. The second kappa shape index (κ2) is 8.12. The van der Waals surface area contributed by atoms with Crippen molar-refractivity contribution in [3.63, 3.8) is 0 Å². The maximum atomic E-state index is 13.3. The summed E-state index contributed by atoms with van der Waals surface area (Å²) in [5.41, 5.74) is 2.60. The predicted octanol–water partition coefficient (Wildman–Crippen LogP) is 4.35. The van der Waals surface area contributed by atoms with Crippen molar-refractivity contribution in [3.05, 3.63) is 70.5 Å². The van der Waals surface area contributed by atoms with Crippen LogP contribution in [-0.4, -0.2) is 42.5 Å². The number of amides is 1. The first kappa shape index (κ1) is 22.1. The number of rotatable bonds is 5. The molecule has 2 heterocycles. The number of anilines is 1. The summed E-state index contributed by atoms with van der Waals surface area (Å²) in [5, 5.41) is 8.15. The first-order valence-electron chi connectivity index (χ1n) is 9.67. The van der Waals surface area contributed by atoms with Gasteiger partial charge in [0, 0.05) is 25.2 Å². The minimum Gasteiger partial charge on any atom is -0.321 e. The molecule has 0 aliphatic heterocycles. The summed E-state index contributed by atoms with van der Waals surface area (Å²) in [6.45, 7) is 3.64. The van der Waals surface area contributed by atoms with Gasteiger partial charge in [-0.15, -0.1) is 11.3 Å². The molecule has 0 spiro atoms. The van der Waals surface area contributed by atoms with E-state index < -0.39 is 10.0 Å². The topological polar surface area (TPSA) is 84.3 Å². The standard InChI is InChI=1S/C22H21FN4O3S2/c1-13-5-10-17(32(29,30)26(3)4)11-19(13)24-21(28)20-12-18-14(2)25-27(22(18)31-20)16-8-6-15(23)7-9-16/h5-12H,1-4H3,(H,24,28). The number of benzene rings is 2. The molecule has 0 atom stereocenters. The summed E-state index contributed by atoms with van der Waals surface area (Å²) >= 11 is 1.26. The Morgan fingerprint density at radius 1 is 1.09 bits per heavy atom. The third kappa shape index (κ3) is 3.92. The Morgan fingerprint density at radius 3 is 2.44 bits per heavy atom. The Kier molecular flexibility index (Phi) is 5.61. The Hall–Kier alpha value is -3.08. The molecule has 166 valence electrons. The molecular weight excluding hydrogens is 451 g/mol. The summed E-state index contributed by atoms with van der Waals surface area (Å²) < 4.78 is 41.0. The summed E-state index contributed by atoms with van der Waals surface area (Å²) in [6.07, 6.45) is 0. The number of halogens is 1. The number of hydrogen-bond acceptors (Lipinski definition) is 5. The molecule has 0 bridgehead atoms. The number of nitrogens with zero attached hydrogens (tertiary/aromatic N) is 3. The van der Waals surface area contributed by atoms with Gasteiger partial charge in [0.2, 0.25) is 10.0 Å². The van der Waals surface area contributed by atoms with Crippen molar-refractivity contribution < 1.29 is 17.6 Å². The van der Waals surface area contributed by atoms with Gasteiger partial charge in [-0.3, -0.25) is 4.79 Å². The van der Waals surface area contributed by atoms with Gasteiger partial charge in [-0.25, -0.2) is 21.8 Å². The molecule has 1 N–H and O–H groups in total. The highest BCUT2D eigenvalue weighted by Gasteiger charge is 2.21. The molecule has 2 aromatic carbocycles. The quantitative estimate of drug-likeness (QED) is 0.468. The van der Waals surface area contributed by atoms with Crippen LogP contribution in [0.15, 0.2) is 53.4 Å². The van der Waals surface area contributed by atoms with Crippen LogP contribution in [0, 0.1) is 19.7 Å². The molecule has 0 saturated carbocycles. The van der Waals surface area contributed by atoms with Crippen LogP contribution in [0.1, 0.15) is 20.9 Å². The normalized spacial score (nSPS) is 11.9. The van der Waals surface area contributed by atoms with Gasteiger partial charge in [0.05, 0.1) is 21.2 Å². The molecule has 0 aliphatic rings. The molecule has 0 radical (unpaired) electrons. The molecule has 0 saturated heterocycles. The molecule has 4 aromatic rings. The maximum absolute atomic E-state index is 13.3. The van der Waals surface area contributed by atoms with Crippen molar-refractivity contribution in [2.75, 3.05) is 19.4 Å². The van der Waals surface area contributed by atoms with E-state index in [1.54, 1.807) is 35.9 Å². The fourth-order valence-corrected chi connectivity index (χ4v) is 5.21. The zero-order valence-corrected chi connectivity index (χ0v) is 19.5. The van der Waals surface area contributed by atoms with Crippen LogP contribution in [0.4, 0.5) is 10.1 Å². The van der Waals surface area contributed by atoms with Crippen LogP contribution >= 0.6 is 11.3 Å². The predicted molar refractivity (Wildman–Crippen MR) is 124 cm³/mol. The molecule has 4 rings (SSSR count). The lowest BCUT2D eigenvalue weighted by Crippen LogP contribution is -2.22. The van der Waals surface area contributed by atoms with Crippen LogP contribution in [-0.2, 0) is 10.0 Å². The zero-order valence-electron chi connectivity index (χ0n) is 17.9. The lowest BCUT2D eigenvalue weighted by molar-refractivity contribution is 0.103. The third-order valence-electron chi connectivity index (χ3n) is 5.08. The summed E-state index contributed by atoms with van der Waals surface area (Å²) in [4.78, 5) is 14.3. The number of aromatic nitrogens is 2. The number of thiophene rings is 1. The fourth-order valence-electron chi connectivity index (χ4n) is 3.21. The van der Waals surface area contributed by atoms with Gasteiger partial charge < -0.3 is 5.32 Å². The van der Waals surface area contributed by atoms with Gasteiger partial charge in [-0.2, -0.15) is 5.10 Å². The van der Waals surface area contributed by atoms with Crippen molar-refractivity contribution in [2.24, 2.45) is 0 Å². The van der Waals surface area contributed by atoms with Crippen LogP contribution in [0.5, 0.6) is 0 Å². The minimum atomic E-state index is -3.63. The van der Waals surface area contributed by atoms with Gasteiger partial charge in [0.15, 0.2) is 0 Å². The van der Waals surface area contributed by atoms with Crippen molar-refractivity contribution in [1.29, 1.82) is 0 Å². The van der Waals surface area contributed by atoms with E-state index in [9.17, 15) is 17.6 Å². The summed E-state index contributed by atoms with van der Waals surface area (Å²) in [6, 6.07) is 12.4. The smallest absolute Gasteiger partial charge is 0.265 e. The molecule has 10 heteroatoms. The number of sulfonamides is 1. The number of hydrogen-bond donors (Lipinski definition) is 1. The lowest BCUT2D eigenvalue weighted by atomic mass is 10.2. The molecule has 7 nitrogen and oxygen atoms in total. The van der Waals surface area contributed by atoms with E-state index in [0.29, 0.717) is 16.3 Å². The highest BCUT2D eigenvalue weighted by Crippen LogP contribution is 2.31. The minimum absolute atomic E-state index is 0.0996. The number of fused-ring (bicyclic) bond motifs is 1. The van der Waals surface area contributed by atoms with E-state index in [2.05, 4.69) is 10.4 Å². The molecule has 0 unspecified atom stereocenters. The van der Waals surface area contributed by atoms with Gasteiger partial charge in [-0.05, 0) is 61.9 Å². The average Bonchev–Trinajstić information content (AvgIpc) is 3.31. The number of carbonyl (C=O) groups is 1. The lowest BCUT2D eigenvalue weighted by Gasteiger charge is -2.14. The number of aryl methyl sites for hydroxylation is 2. The maximum Gasteiger partial charge on any atom is 0.265 e. The van der Waals surface area contributed by atoms with Crippen LogP contribution in [0.3, 0.4) is 0 Å². The van der Waals surface area contributed by atoms with Crippen LogP contribution < -0.4 is 5.32 Å². The second-order valence-electron chi connectivity index (χ2n) is 7.52. The van der Waals surface area contributed by atoms with Gasteiger partial charge >= 0.3 is 0 Å². The van der Waals surface area contributed by atoms with Crippen molar-refractivity contribution in [3.8, 4) is 5.69 Å². The van der Waals surface area contributed by atoms with Crippen molar-refractivity contribution in [1.82, 2.24) is 14.1 Å². The molecule has 0 fully saturated rings. The van der Waals surface area contributed by atoms with E-state index in [-0.39, 0.29) is 16.6 Å².